The molecule has 1 amide bonds. The van der Waals surface area contributed by atoms with E-state index in [-0.39, 0.29) is 31.0 Å². The van der Waals surface area contributed by atoms with Crippen molar-refractivity contribution in [1.82, 2.24) is 9.78 Å². The molecule has 2 N–H and O–H groups in total. The smallest absolute Gasteiger partial charge is 0.239 e. The molecular formula is C9H9N5O2. The molecule has 1 rings (SSSR count). The number of hydrogen-bond acceptors (Lipinski definition) is 5. The molecule has 82 valence electrons. The van der Waals surface area contributed by atoms with Gasteiger partial charge in [0.2, 0.25) is 5.91 Å². The lowest BCUT2D eigenvalue weighted by Gasteiger charge is -2.06. The van der Waals surface area contributed by atoms with Gasteiger partial charge >= 0.3 is 0 Å². The summed E-state index contributed by atoms with van der Waals surface area (Å²) in [6.45, 7) is 0.0114. The standard InChI is InChI=1S/C9H9N5O2/c10-2-1-8(16)13-9-7(5-11)6-12-14(9)3-4-15/h6,15H,1,3-4H2,(H,13,16). The van der Waals surface area contributed by atoms with Gasteiger partial charge in [-0.2, -0.15) is 15.6 Å². The second kappa shape index (κ2) is 5.49. The summed E-state index contributed by atoms with van der Waals surface area (Å²) in [4.78, 5) is 11.2. The van der Waals surface area contributed by atoms with Gasteiger partial charge in [-0.15, -0.1) is 0 Å². The molecule has 1 heterocycles. The Morgan fingerprint density at radius 1 is 1.62 bits per heavy atom. The highest BCUT2D eigenvalue weighted by atomic mass is 16.3. The third kappa shape index (κ3) is 2.56. The Hall–Kier alpha value is -2.38. The Morgan fingerprint density at radius 2 is 2.38 bits per heavy atom. The van der Waals surface area contributed by atoms with Crippen molar-refractivity contribution >= 4 is 11.7 Å². The van der Waals surface area contributed by atoms with Gasteiger partial charge in [0, 0.05) is 0 Å². The van der Waals surface area contributed by atoms with Gasteiger partial charge in [0.15, 0.2) is 0 Å². The molecule has 7 nitrogen and oxygen atoms in total. The van der Waals surface area contributed by atoms with Gasteiger partial charge in [-0.25, -0.2) is 4.68 Å². The van der Waals surface area contributed by atoms with Gasteiger partial charge in [-0.3, -0.25) is 4.79 Å². The first-order chi connectivity index (χ1) is 7.72. The fraction of sp³-hybridized carbons (Fsp3) is 0.333. The quantitative estimate of drug-likeness (QED) is 0.714. The fourth-order valence-electron chi connectivity index (χ4n) is 1.11. The number of rotatable bonds is 4. The van der Waals surface area contributed by atoms with Crippen LogP contribution in [0.4, 0.5) is 5.82 Å². The van der Waals surface area contributed by atoms with E-state index in [9.17, 15) is 4.79 Å². The van der Waals surface area contributed by atoms with Crippen LogP contribution >= 0.6 is 0 Å². The minimum Gasteiger partial charge on any atom is -0.394 e. The Morgan fingerprint density at radius 3 is 2.94 bits per heavy atom. The molecule has 0 unspecified atom stereocenters. The molecule has 0 fully saturated rings. The second-order valence-corrected chi connectivity index (χ2v) is 2.85. The molecule has 0 aliphatic heterocycles. The summed E-state index contributed by atoms with van der Waals surface area (Å²) in [5.41, 5.74) is 0.194. The van der Waals surface area contributed by atoms with E-state index in [0.29, 0.717) is 0 Å². The van der Waals surface area contributed by atoms with Crippen LogP contribution in [0.2, 0.25) is 0 Å². The van der Waals surface area contributed by atoms with Crippen molar-refractivity contribution in [2.24, 2.45) is 0 Å². The molecule has 7 heteroatoms. The molecule has 0 atom stereocenters. The molecule has 0 bridgehead atoms. The molecule has 0 aliphatic carbocycles. The summed E-state index contributed by atoms with van der Waals surface area (Å²) < 4.78 is 1.30. The Labute approximate surface area is 91.5 Å². The van der Waals surface area contributed by atoms with Crippen LogP contribution in [0.15, 0.2) is 6.20 Å². The highest BCUT2D eigenvalue weighted by molar-refractivity contribution is 5.92. The summed E-state index contributed by atoms with van der Waals surface area (Å²) in [6.07, 6.45) is 0.993. The molecule has 0 saturated heterocycles. The third-order valence-electron chi connectivity index (χ3n) is 1.77. The van der Waals surface area contributed by atoms with Gasteiger partial charge in [0.1, 0.15) is 23.9 Å². The fourth-order valence-corrected chi connectivity index (χ4v) is 1.11. The predicted molar refractivity (Wildman–Crippen MR) is 52.9 cm³/mol. The van der Waals surface area contributed by atoms with Crippen LogP contribution in [0, 0.1) is 22.7 Å². The number of aliphatic hydroxyl groups is 1. The number of nitrogens with one attached hydrogen (secondary N) is 1. The van der Waals surface area contributed by atoms with E-state index in [1.165, 1.54) is 10.9 Å². The Kier molecular flexibility index (Phi) is 4.01. The monoisotopic (exact) mass is 219 g/mol. The zero-order chi connectivity index (χ0) is 12.0. The van der Waals surface area contributed by atoms with Crippen molar-refractivity contribution in [3.8, 4) is 12.1 Å². The van der Waals surface area contributed by atoms with Gasteiger partial charge in [0.05, 0.1) is 25.4 Å². The maximum Gasteiger partial charge on any atom is 0.239 e. The lowest BCUT2D eigenvalue weighted by atomic mass is 10.3. The van der Waals surface area contributed by atoms with Gasteiger partial charge < -0.3 is 10.4 Å². The molecule has 0 aromatic carbocycles. The molecular weight excluding hydrogens is 210 g/mol. The first kappa shape index (κ1) is 11.7. The first-order valence-corrected chi connectivity index (χ1v) is 4.46. The largest absolute Gasteiger partial charge is 0.394 e. The van der Waals surface area contributed by atoms with Crippen molar-refractivity contribution in [3.05, 3.63) is 11.8 Å². The molecule has 16 heavy (non-hydrogen) atoms. The molecule has 1 aromatic rings. The summed E-state index contributed by atoms with van der Waals surface area (Å²) in [5, 5.41) is 32.1. The van der Waals surface area contributed by atoms with Crippen molar-refractivity contribution in [2.75, 3.05) is 11.9 Å². The number of carbonyl (C=O) groups excluding carboxylic acids is 1. The number of nitrogens with zero attached hydrogens (tertiary/aromatic N) is 4. The molecule has 0 aliphatic rings. The lowest BCUT2D eigenvalue weighted by Crippen LogP contribution is -2.16. The topological polar surface area (TPSA) is 115 Å². The zero-order valence-corrected chi connectivity index (χ0v) is 8.34. The number of anilines is 1. The summed E-state index contributed by atoms with van der Waals surface area (Å²) in [7, 11) is 0. The molecule has 1 aromatic heterocycles. The number of aromatic nitrogens is 2. The molecule has 0 spiro atoms. The van der Waals surface area contributed by atoms with Crippen molar-refractivity contribution in [2.45, 2.75) is 13.0 Å². The van der Waals surface area contributed by atoms with E-state index < -0.39 is 5.91 Å². The number of amides is 1. The van der Waals surface area contributed by atoms with E-state index in [4.69, 9.17) is 15.6 Å². The van der Waals surface area contributed by atoms with Gasteiger partial charge in [0.25, 0.3) is 0 Å². The van der Waals surface area contributed by atoms with Crippen molar-refractivity contribution in [3.63, 3.8) is 0 Å². The SMILES string of the molecule is N#CCC(=O)Nc1c(C#N)cnn1CCO. The van der Waals surface area contributed by atoms with Crippen LogP contribution in [-0.4, -0.2) is 27.4 Å². The summed E-state index contributed by atoms with van der Waals surface area (Å²) >= 11 is 0. The van der Waals surface area contributed by atoms with Crippen LogP contribution in [0.25, 0.3) is 0 Å². The van der Waals surface area contributed by atoms with Crippen molar-refractivity contribution < 1.29 is 9.90 Å². The van der Waals surface area contributed by atoms with E-state index in [2.05, 4.69) is 10.4 Å². The Balaban J connectivity index is 2.92. The van der Waals surface area contributed by atoms with E-state index in [1.807, 2.05) is 6.07 Å². The summed E-state index contributed by atoms with van der Waals surface area (Å²) in [5.74, 6) is -0.310. The molecule has 0 saturated carbocycles. The number of carbonyl (C=O) groups is 1. The minimum atomic E-state index is -0.515. The van der Waals surface area contributed by atoms with Crippen LogP contribution in [0.5, 0.6) is 0 Å². The Bertz CT molecular complexity index is 465. The third-order valence-corrected chi connectivity index (χ3v) is 1.77. The lowest BCUT2D eigenvalue weighted by molar-refractivity contribution is -0.115. The summed E-state index contributed by atoms with van der Waals surface area (Å²) in [6, 6.07) is 3.55. The van der Waals surface area contributed by atoms with E-state index in [1.54, 1.807) is 6.07 Å². The van der Waals surface area contributed by atoms with Crippen molar-refractivity contribution in [1.29, 1.82) is 10.5 Å². The normalized spacial score (nSPS) is 9.19. The van der Waals surface area contributed by atoms with Crippen LogP contribution in [-0.2, 0) is 11.3 Å². The highest BCUT2D eigenvalue weighted by Crippen LogP contribution is 2.13. The van der Waals surface area contributed by atoms with Crippen LogP contribution in [0.3, 0.4) is 0 Å². The maximum atomic E-state index is 11.2. The first-order valence-electron chi connectivity index (χ1n) is 4.46. The average Bonchev–Trinajstić information content (AvgIpc) is 2.62. The van der Waals surface area contributed by atoms with Crippen LogP contribution in [0.1, 0.15) is 12.0 Å². The number of aliphatic hydroxyl groups excluding tert-OH is 1. The van der Waals surface area contributed by atoms with Gasteiger partial charge in [-0.1, -0.05) is 0 Å². The number of hydrogen-bond donors (Lipinski definition) is 2. The van der Waals surface area contributed by atoms with Gasteiger partial charge in [-0.05, 0) is 0 Å². The number of nitriles is 2. The maximum absolute atomic E-state index is 11.2. The zero-order valence-electron chi connectivity index (χ0n) is 8.34. The minimum absolute atomic E-state index is 0.159. The molecule has 0 radical (unpaired) electrons. The predicted octanol–water partition coefficient (Wildman–Crippen LogP) is -0.401. The average molecular weight is 219 g/mol. The highest BCUT2D eigenvalue weighted by Gasteiger charge is 2.12. The van der Waals surface area contributed by atoms with Crippen LogP contribution < -0.4 is 5.32 Å². The van der Waals surface area contributed by atoms with E-state index in [0.717, 1.165) is 0 Å². The second-order valence-electron chi connectivity index (χ2n) is 2.85. The van der Waals surface area contributed by atoms with E-state index >= 15 is 0 Å².